The highest BCUT2D eigenvalue weighted by molar-refractivity contribution is 6.31. The maximum Gasteiger partial charge on any atom is 0.168 e. The summed E-state index contributed by atoms with van der Waals surface area (Å²) in [4.78, 5) is 12.2. The van der Waals surface area contributed by atoms with E-state index in [0.717, 1.165) is 17.5 Å². The minimum atomic E-state index is -0.310. The summed E-state index contributed by atoms with van der Waals surface area (Å²) in [6.45, 7) is 7.90. The molecule has 0 aliphatic carbocycles. The van der Waals surface area contributed by atoms with E-state index in [-0.39, 0.29) is 11.2 Å². The maximum absolute atomic E-state index is 12.2. The van der Waals surface area contributed by atoms with E-state index in [0.29, 0.717) is 5.02 Å². The Morgan fingerprint density at radius 2 is 2.00 bits per heavy atom. The van der Waals surface area contributed by atoms with E-state index < -0.39 is 0 Å². The summed E-state index contributed by atoms with van der Waals surface area (Å²) in [7, 11) is 0. The SMILES string of the molecule is CCC(C)(C)C(=O)c1cc(Cl)ccc1C. The number of hydrogen-bond acceptors (Lipinski definition) is 1. The molecular weight excluding hydrogens is 208 g/mol. The van der Waals surface area contributed by atoms with E-state index in [2.05, 4.69) is 0 Å². The topological polar surface area (TPSA) is 17.1 Å². The molecule has 0 bridgehead atoms. The highest BCUT2D eigenvalue weighted by atomic mass is 35.5. The summed E-state index contributed by atoms with van der Waals surface area (Å²) in [6, 6.07) is 5.46. The van der Waals surface area contributed by atoms with Crippen LogP contribution in [0.3, 0.4) is 0 Å². The van der Waals surface area contributed by atoms with Crippen LogP contribution in [-0.4, -0.2) is 5.78 Å². The number of Topliss-reactive ketones (excluding diaryl/α,β-unsaturated/α-hetero) is 1. The molecule has 0 unspecified atom stereocenters. The first-order chi connectivity index (χ1) is 6.88. The molecule has 0 amide bonds. The van der Waals surface area contributed by atoms with Gasteiger partial charge in [-0.05, 0) is 31.0 Å². The van der Waals surface area contributed by atoms with Crippen LogP contribution in [0.4, 0.5) is 0 Å². The van der Waals surface area contributed by atoms with Gasteiger partial charge in [-0.2, -0.15) is 0 Å². The molecule has 0 radical (unpaired) electrons. The van der Waals surface area contributed by atoms with Gasteiger partial charge in [0.25, 0.3) is 0 Å². The molecular formula is C13H17ClO. The zero-order chi connectivity index (χ0) is 11.6. The van der Waals surface area contributed by atoms with Crippen LogP contribution in [0.5, 0.6) is 0 Å². The maximum atomic E-state index is 12.2. The number of carbonyl (C=O) groups excluding carboxylic acids is 1. The third-order valence-corrected chi connectivity index (χ3v) is 3.18. The fourth-order valence-electron chi connectivity index (χ4n) is 1.36. The lowest BCUT2D eigenvalue weighted by Gasteiger charge is -2.22. The van der Waals surface area contributed by atoms with Crippen LogP contribution in [0.25, 0.3) is 0 Å². The smallest absolute Gasteiger partial charge is 0.168 e. The molecule has 0 saturated carbocycles. The molecule has 0 N–H and O–H groups in total. The Morgan fingerprint density at radius 3 is 2.53 bits per heavy atom. The Hall–Kier alpha value is -0.820. The van der Waals surface area contributed by atoms with Crippen molar-refractivity contribution in [2.24, 2.45) is 5.41 Å². The number of rotatable bonds is 3. The second-order valence-electron chi connectivity index (χ2n) is 4.53. The molecule has 1 aromatic carbocycles. The average Bonchev–Trinajstić information content (AvgIpc) is 2.20. The molecule has 1 aromatic rings. The zero-order valence-electron chi connectivity index (χ0n) is 9.73. The predicted molar refractivity (Wildman–Crippen MR) is 64.6 cm³/mol. The van der Waals surface area contributed by atoms with Crippen LogP contribution in [-0.2, 0) is 0 Å². The molecule has 0 aliphatic heterocycles. The van der Waals surface area contributed by atoms with Crippen molar-refractivity contribution in [2.75, 3.05) is 0 Å². The number of halogens is 1. The molecule has 0 saturated heterocycles. The van der Waals surface area contributed by atoms with Crippen molar-refractivity contribution >= 4 is 17.4 Å². The second-order valence-corrected chi connectivity index (χ2v) is 4.96. The Balaban J connectivity index is 3.17. The number of ketones is 1. The number of carbonyl (C=O) groups is 1. The lowest BCUT2D eigenvalue weighted by Crippen LogP contribution is -2.24. The Labute approximate surface area is 96.5 Å². The van der Waals surface area contributed by atoms with Crippen LogP contribution >= 0.6 is 11.6 Å². The van der Waals surface area contributed by atoms with Gasteiger partial charge in [0.15, 0.2) is 5.78 Å². The van der Waals surface area contributed by atoms with Gasteiger partial charge in [-0.15, -0.1) is 0 Å². The van der Waals surface area contributed by atoms with Crippen molar-refractivity contribution < 1.29 is 4.79 Å². The largest absolute Gasteiger partial charge is 0.294 e. The fourth-order valence-corrected chi connectivity index (χ4v) is 1.54. The van der Waals surface area contributed by atoms with Crippen molar-refractivity contribution in [3.8, 4) is 0 Å². The van der Waals surface area contributed by atoms with E-state index >= 15 is 0 Å². The Kier molecular flexibility index (Phi) is 3.56. The first-order valence-electron chi connectivity index (χ1n) is 5.19. The van der Waals surface area contributed by atoms with Crippen LogP contribution < -0.4 is 0 Å². The van der Waals surface area contributed by atoms with Gasteiger partial charge in [0, 0.05) is 16.0 Å². The highest BCUT2D eigenvalue weighted by Gasteiger charge is 2.27. The minimum absolute atomic E-state index is 0.171. The van der Waals surface area contributed by atoms with Gasteiger partial charge in [0.1, 0.15) is 0 Å². The molecule has 82 valence electrons. The first-order valence-corrected chi connectivity index (χ1v) is 5.57. The van der Waals surface area contributed by atoms with E-state index in [1.54, 1.807) is 6.07 Å². The van der Waals surface area contributed by atoms with E-state index in [9.17, 15) is 4.79 Å². The van der Waals surface area contributed by atoms with E-state index in [4.69, 9.17) is 11.6 Å². The molecule has 0 aliphatic rings. The number of hydrogen-bond donors (Lipinski definition) is 0. The van der Waals surface area contributed by atoms with Crippen molar-refractivity contribution in [2.45, 2.75) is 34.1 Å². The molecule has 0 fully saturated rings. The molecule has 1 nitrogen and oxygen atoms in total. The quantitative estimate of drug-likeness (QED) is 0.701. The highest BCUT2D eigenvalue weighted by Crippen LogP contribution is 2.28. The summed E-state index contributed by atoms with van der Waals surface area (Å²) >= 11 is 5.90. The zero-order valence-corrected chi connectivity index (χ0v) is 10.5. The standard InChI is InChI=1S/C13H17ClO/c1-5-13(3,4)12(15)11-8-10(14)7-6-9(11)2/h6-8H,5H2,1-4H3. The Bertz CT molecular complexity index is 380. The minimum Gasteiger partial charge on any atom is -0.294 e. The van der Waals surface area contributed by atoms with Gasteiger partial charge in [-0.1, -0.05) is 38.4 Å². The van der Waals surface area contributed by atoms with E-state index in [1.165, 1.54) is 0 Å². The van der Waals surface area contributed by atoms with Crippen molar-refractivity contribution in [1.82, 2.24) is 0 Å². The molecule has 0 atom stereocenters. The summed E-state index contributed by atoms with van der Waals surface area (Å²) in [5.74, 6) is 0.171. The normalized spacial score (nSPS) is 11.5. The summed E-state index contributed by atoms with van der Waals surface area (Å²) < 4.78 is 0. The molecule has 0 heterocycles. The molecule has 1 rings (SSSR count). The monoisotopic (exact) mass is 224 g/mol. The number of aryl methyl sites for hydroxylation is 1. The lowest BCUT2D eigenvalue weighted by molar-refractivity contribution is 0.0832. The van der Waals surface area contributed by atoms with Crippen LogP contribution in [0.1, 0.15) is 43.1 Å². The lowest BCUT2D eigenvalue weighted by atomic mass is 9.81. The third kappa shape index (κ3) is 2.60. The Morgan fingerprint density at radius 1 is 1.40 bits per heavy atom. The molecule has 0 spiro atoms. The van der Waals surface area contributed by atoms with Gasteiger partial charge in [0.05, 0.1) is 0 Å². The summed E-state index contributed by atoms with van der Waals surface area (Å²) in [5.41, 5.74) is 1.43. The van der Waals surface area contributed by atoms with Gasteiger partial charge in [0.2, 0.25) is 0 Å². The van der Waals surface area contributed by atoms with Gasteiger partial charge in [-0.3, -0.25) is 4.79 Å². The van der Waals surface area contributed by atoms with Gasteiger partial charge >= 0.3 is 0 Å². The van der Waals surface area contributed by atoms with Crippen molar-refractivity contribution in [1.29, 1.82) is 0 Å². The van der Waals surface area contributed by atoms with Crippen molar-refractivity contribution in [3.63, 3.8) is 0 Å². The van der Waals surface area contributed by atoms with Gasteiger partial charge in [-0.25, -0.2) is 0 Å². The third-order valence-electron chi connectivity index (χ3n) is 2.94. The second kappa shape index (κ2) is 4.36. The van der Waals surface area contributed by atoms with Crippen LogP contribution in [0, 0.1) is 12.3 Å². The summed E-state index contributed by atoms with van der Waals surface area (Å²) in [6.07, 6.45) is 0.831. The van der Waals surface area contributed by atoms with Gasteiger partial charge < -0.3 is 0 Å². The first kappa shape index (κ1) is 12.3. The fraction of sp³-hybridized carbons (Fsp3) is 0.462. The number of benzene rings is 1. The predicted octanol–water partition coefficient (Wildman–Crippen LogP) is 4.27. The van der Waals surface area contributed by atoms with E-state index in [1.807, 2.05) is 39.8 Å². The van der Waals surface area contributed by atoms with Crippen LogP contribution in [0.2, 0.25) is 5.02 Å². The van der Waals surface area contributed by atoms with Crippen LogP contribution in [0.15, 0.2) is 18.2 Å². The average molecular weight is 225 g/mol. The molecule has 2 heteroatoms. The van der Waals surface area contributed by atoms with Crippen molar-refractivity contribution in [3.05, 3.63) is 34.3 Å². The molecule has 0 aromatic heterocycles. The molecule has 15 heavy (non-hydrogen) atoms. The summed E-state index contributed by atoms with van der Waals surface area (Å²) in [5, 5.41) is 0.621.